The zero-order chi connectivity index (χ0) is 15.9. The molecule has 0 aromatic rings. The molecule has 0 amide bonds. The van der Waals surface area contributed by atoms with E-state index in [9.17, 15) is 23.4 Å². The van der Waals surface area contributed by atoms with Crippen molar-refractivity contribution in [3.63, 3.8) is 0 Å². The van der Waals surface area contributed by atoms with Gasteiger partial charge in [-0.15, -0.1) is 0 Å². The summed E-state index contributed by atoms with van der Waals surface area (Å²) in [5.41, 5.74) is -2.70. The second-order valence-electron chi connectivity index (χ2n) is 6.39. The van der Waals surface area contributed by atoms with Gasteiger partial charge in [-0.2, -0.15) is 0 Å². The van der Waals surface area contributed by atoms with Crippen LogP contribution in [0, 0.1) is 5.41 Å². The van der Waals surface area contributed by atoms with E-state index in [0.717, 1.165) is 0 Å². The highest BCUT2D eigenvalue weighted by atomic mass is 32.2. The third-order valence-electron chi connectivity index (χ3n) is 4.92. The van der Waals surface area contributed by atoms with Crippen LogP contribution in [0.4, 0.5) is 0 Å². The molecular weight excluding hydrogens is 298 g/mol. The zero-order valence-electron chi connectivity index (χ0n) is 12.4. The van der Waals surface area contributed by atoms with Gasteiger partial charge in [0.05, 0.1) is 17.6 Å². The Bertz CT molecular complexity index is 501. The van der Waals surface area contributed by atoms with Crippen LogP contribution in [0.3, 0.4) is 0 Å². The molecule has 2 aliphatic heterocycles. The molecule has 0 saturated carbocycles. The molecule has 2 aliphatic rings. The molecule has 0 bridgehead atoms. The van der Waals surface area contributed by atoms with Gasteiger partial charge in [0.25, 0.3) is 0 Å². The van der Waals surface area contributed by atoms with Crippen LogP contribution in [0.15, 0.2) is 0 Å². The highest BCUT2D eigenvalue weighted by Crippen LogP contribution is 2.40. The molecule has 1 unspecified atom stereocenters. The lowest BCUT2D eigenvalue weighted by molar-refractivity contribution is -0.169. The molecule has 0 aromatic heterocycles. The highest BCUT2D eigenvalue weighted by molar-refractivity contribution is 7.89. The number of rotatable bonds is 4. The number of hydrogen-bond acceptors (Lipinski definition) is 5. The van der Waals surface area contributed by atoms with Gasteiger partial charge in [-0.3, -0.25) is 4.79 Å². The first-order valence-corrected chi connectivity index (χ1v) is 8.64. The summed E-state index contributed by atoms with van der Waals surface area (Å²) >= 11 is 0. The lowest BCUT2D eigenvalue weighted by Gasteiger charge is -2.45. The third-order valence-corrected chi connectivity index (χ3v) is 7.22. The number of piperidine rings is 1. The van der Waals surface area contributed by atoms with Crippen LogP contribution in [0.5, 0.6) is 0 Å². The fraction of sp³-hybridized carbons (Fsp3) is 0.923. The Kier molecular flexibility index (Phi) is 4.36. The Morgan fingerprint density at radius 2 is 1.90 bits per heavy atom. The number of aliphatic carboxylic acids is 1. The Labute approximate surface area is 124 Å². The van der Waals surface area contributed by atoms with E-state index in [2.05, 4.69) is 0 Å². The number of aliphatic hydroxyl groups is 1. The summed E-state index contributed by atoms with van der Waals surface area (Å²) in [6, 6.07) is 0. The minimum atomic E-state index is -3.43. The van der Waals surface area contributed by atoms with Crippen molar-refractivity contribution < 1.29 is 28.2 Å². The van der Waals surface area contributed by atoms with Crippen molar-refractivity contribution in [2.45, 2.75) is 44.0 Å². The average Bonchev–Trinajstić information content (AvgIpc) is 2.93. The highest BCUT2D eigenvalue weighted by Gasteiger charge is 2.52. The van der Waals surface area contributed by atoms with E-state index < -0.39 is 32.3 Å². The van der Waals surface area contributed by atoms with Gasteiger partial charge in [0.15, 0.2) is 0 Å². The van der Waals surface area contributed by atoms with Crippen molar-refractivity contribution in [3.05, 3.63) is 0 Å². The fourth-order valence-electron chi connectivity index (χ4n) is 2.89. The smallest absolute Gasteiger partial charge is 0.312 e. The van der Waals surface area contributed by atoms with Crippen LogP contribution in [0.1, 0.15) is 33.1 Å². The summed E-state index contributed by atoms with van der Waals surface area (Å²) in [6.07, 6.45) is 0.738. The predicted molar refractivity (Wildman–Crippen MR) is 75.3 cm³/mol. The minimum Gasteiger partial charge on any atom is -0.481 e. The molecule has 2 saturated heterocycles. The quantitative estimate of drug-likeness (QED) is 0.758. The normalized spacial score (nSPS) is 27.7. The summed E-state index contributed by atoms with van der Waals surface area (Å²) in [5.74, 6) is -1.08. The van der Waals surface area contributed by atoms with Gasteiger partial charge in [-0.25, -0.2) is 12.7 Å². The van der Waals surface area contributed by atoms with E-state index in [4.69, 9.17) is 4.74 Å². The first-order chi connectivity index (χ1) is 9.61. The van der Waals surface area contributed by atoms with Crippen LogP contribution in [0.2, 0.25) is 0 Å². The zero-order valence-corrected chi connectivity index (χ0v) is 13.2. The van der Waals surface area contributed by atoms with Crippen molar-refractivity contribution >= 4 is 16.0 Å². The van der Waals surface area contributed by atoms with E-state index in [-0.39, 0.29) is 32.5 Å². The van der Waals surface area contributed by atoms with Crippen LogP contribution in [-0.2, 0) is 19.6 Å². The monoisotopic (exact) mass is 321 g/mol. The maximum Gasteiger partial charge on any atom is 0.312 e. The SMILES string of the molecule is CC(C)(C(=O)O)C1(O)CCN(S(=O)(=O)C2CCOC2)CC1. The number of carboxylic acid groups (broad SMARTS) is 1. The Balaban J connectivity index is 2.08. The molecule has 0 spiro atoms. The number of nitrogens with zero attached hydrogens (tertiary/aromatic N) is 1. The molecule has 8 heteroatoms. The molecule has 2 fully saturated rings. The van der Waals surface area contributed by atoms with Crippen molar-refractivity contribution in [1.82, 2.24) is 4.31 Å². The van der Waals surface area contributed by atoms with E-state index in [1.807, 2.05) is 0 Å². The Morgan fingerprint density at radius 3 is 2.33 bits per heavy atom. The molecular formula is C13H23NO6S. The lowest BCUT2D eigenvalue weighted by Crippen LogP contribution is -2.57. The van der Waals surface area contributed by atoms with Crippen molar-refractivity contribution in [3.8, 4) is 0 Å². The van der Waals surface area contributed by atoms with Gasteiger partial charge in [0.2, 0.25) is 10.0 Å². The van der Waals surface area contributed by atoms with Gasteiger partial charge in [0, 0.05) is 19.7 Å². The second kappa shape index (κ2) is 5.49. The molecule has 7 nitrogen and oxygen atoms in total. The molecule has 1 atom stereocenters. The van der Waals surface area contributed by atoms with Gasteiger partial charge in [-0.05, 0) is 33.1 Å². The van der Waals surface area contributed by atoms with Crippen LogP contribution in [-0.4, -0.2) is 66.1 Å². The molecule has 0 aliphatic carbocycles. The van der Waals surface area contributed by atoms with Crippen LogP contribution in [0.25, 0.3) is 0 Å². The summed E-state index contributed by atoms with van der Waals surface area (Å²) < 4.78 is 31.3. The second-order valence-corrected chi connectivity index (χ2v) is 8.60. The molecule has 21 heavy (non-hydrogen) atoms. The summed E-state index contributed by atoms with van der Waals surface area (Å²) in [7, 11) is -3.43. The van der Waals surface area contributed by atoms with Gasteiger partial charge in [0.1, 0.15) is 5.25 Å². The van der Waals surface area contributed by atoms with Crippen molar-refractivity contribution in [2.75, 3.05) is 26.3 Å². The summed E-state index contributed by atoms with van der Waals surface area (Å²) in [4.78, 5) is 11.3. The molecule has 2 rings (SSSR count). The van der Waals surface area contributed by atoms with Gasteiger partial charge >= 0.3 is 5.97 Å². The maximum atomic E-state index is 12.4. The third kappa shape index (κ3) is 2.81. The standard InChI is InChI=1S/C13H23NO6S/c1-12(2,11(15)16)13(17)4-6-14(7-5-13)21(18,19)10-3-8-20-9-10/h10,17H,3-9H2,1-2H3,(H,15,16). The number of carboxylic acids is 1. The Morgan fingerprint density at radius 1 is 1.33 bits per heavy atom. The summed E-state index contributed by atoms with van der Waals surface area (Å²) in [6.45, 7) is 3.91. The van der Waals surface area contributed by atoms with E-state index in [1.165, 1.54) is 18.2 Å². The number of ether oxygens (including phenoxy) is 1. The van der Waals surface area contributed by atoms with Gasteiger partial charge in [-0.1, -0.05) is 0 Å². The molecule has 0 aromatic carbocycles. The van der Waals surface area contributed by atoms with Crippen molar-refractivity contribution in [2.24, 2.45) is 5.41 Å². The lowest BCUT2D eigenvalue weighted by atomic mass is 9.70. The van der Waals surface area contributed by atoms with Crippen molar-refractivity contribution in [1.29, 1.82) is 0 Å². The first-order valence-electron chi connectivity index (χ1n) is 7.14. The maximum absolute atomic E-state index is 12.4. The number of carbonyl (C=O) groups is 1. The topological polar surface area (TPSA) is 104 Å². The Hall–Kier alpha value is -0.700. The minimum absolute atomic E-state index is 0.124. The molecule has 122 valence electrons. The van der Waals surface area contributed by atoms with E-state index in [0.29, 0.717) is 13.0 Å². The summed E-state index contributed by atoms with van der Waals surface area (Å²) in [5, 5.41) is 19.3. The number of hydrogen-bond donors (Lipinski definition) is 2. The number of sulfonamides is 1. The fourth-order valence-corrected chi connectivity index (χ4v) is 4.67. The van der Waals surface area contributed by atoms with Gasteiger partial charge < -0.3 is 14.9 Å². The molecule has 0 radical (unpaired) electrons. The van der Waals surface area contributed by atoms with E-state index in [1.54, 1.807) is 0 Å². The molecule has 2 N–H and O–H groups in total. The first kappa shape index (κ1) is 16.7. The van der Waals surface area contributed by atoms with Crippen LogP contribution < -0.4 is 0 Å². The largest absolute Gasteiger partial charge is 0.481 e. The molecule has 2 heterocycles. The average molecular weight is 321 g/mol. The van der Waals surface area contributed by atoms with Crippen LogP contribution >= 0.6 is 0 Å². The predicted octanol–water partition coefficient (Wildman–Crippen LogP) is 0.0428. The van der Waals surface area contributed by atoms with E-state index >= 15 is 0 Å².